The van der Waals surface area contributed by atoms with Gasteiger partial charge in [0, 0.05) is 11.7 Å². The summed E-state index contributed by atoms with van der Waals surface area (Å²) in [7, 11) is -3.25. The zero-order valence-electron chi connectivity index (χ0n) is 12.0. The van der Waals surface area contributed by atoms with E-state index in [-0.39, 0.29) is 11.8 Å². The molecule has 1 aliphatic carbocycles. The molecule has 1 unspecified atom stereocenters. The number of hydrogen-bond acceptors (Lipinski definition) is 3. The Labute approximate surface area is 121 Å². The van der Waals surface area contributed by atoms with Crippen LogP contribution in [0.3, 0.4) is 0 Å². The molecule has 5 heteroatoms. The van der Waals surface area contributed by atoms with Crippen molar-refractivity contribution >= 4 is 15.7 Å². The summed E-state index contributed by atoms with van der Waals surface area (Å²) < 4.78 is 27.0. The van der Waals surface area contributed by atoms with Crippen LogP contribution in [0.2, 0.25) is 0 Å². The van der Waals surface area contributed by atoms with Crippen molar-refractivity contribution in [3.8, 4) is 0 Å². The van der Waals surface area contributed by atoms with Crippen molar-refractivity contribution < 1.29 is 8.42 Å². The highest BCUT2D eigenvalue weighted by Gasteiger charge is 2.21. The molecule has 20 heavy (non-hydrogen) atoms. The average molecular weight is 296 g/mol. The molecular formula is C15H24N2O2S. The number of sulfonamides is 1. The van der Waals surface area contributed by atoms with E-state index in [0.717, 1.165) is 31.2 Å². The van der Waals surface area contributed by atoms with Crippen LogP contribution in [0, 0.1) is 5.92 Å². The van der Waals surface area contributed by atoms with Crippen molar-refractivity contribution in [2.24, 2.45) is 11.7 Å². The fraction of sp³-hybridized carbons (Fsp3) is 0.600. The van der Waals surface area contributed by atoms with Gasteiger partial charge in [-0.2, -0.15) is 0 Å². The Hall–Kier alpha value is -1.07. The van der Waals surface area contributed by atoms with E-state index < -0.39 is 10.0 Å². The molecule has 1 aromatic carbocycles. The molecule has 0 spiro atoms. The van der Waals surface area contributed by atoms with E-state index in [1.54, 1.807) is 12.1 Å². The van der Waals surface area contributed by atoms with E-state index in [1.807, 2.05) is 19.1 Å². The van der Waals surface area contributed by atoms with Gasteiger partial charge in [-0.25, -0.2) is 8.42 Å². The number of nitrogens with two attached hydrogens (primary N) is 1. The maximum absolute atomic E-state index is 12.2. The molecule has 0 heterocycles. The molecule has 1 aromatic rings. The summed E-state index contributed by atoms with van der Waals surface area (Å²) in [5, 5.41) is 0. The summed E-state index contributed by atoms with van der Waals surface area (Å²) in [5.41, 5.74) is 7.39. The normalized spacial score (nSPS) is 18.7. The van der Waals surface area contributed by atoms with Crippen LogP contribution in [0.15, 0.2) is 24.3 Å². The quantitative estimate of drug-likeness (QED) is 0.877. The molecule has 0 aromatic heterocycles. The van der Waals surface area contributed by atoms with Gasteiger partial charge in [-0.15, -0.1) is 0 Å². The Morgan fingerprint density at radius 1 is 1.20 bits per heavy atom. The molecule has 2 rings (SSSR count). The first-order valence-electron chi connectivity index (χ1n) is 7.32. The number of nitrogens with one attached hydrogen (secondary N) is 1. The second kappa shape index (κ2) is 6.59. The Bertz CT molecular complexity index is 517. The molecule has 4 nitrogen and oxygen atoms in total. The maximum Gasteiger partial charge on any atom is 0.232 e. The van der Waals surface area contributed by atoms with Gasteiger partial charge in [-0.1, -0.05) is 31.4 Å². The standard InChI is InChI=1S/C15H24N2O2S/c1-12(16)14-7-9-15(10-8-14)17-20(18,19)11-13-5-3-2-4-6-13/h7-10,12-13,17H,2-6,11,16H2,1H3. The molecule has 112 valence electrons. The van der Waals surface area contributed by atoms with Crippen LogP contribution in [-0.2, 0) is 10.0 Å². The van der Waals surface area contributed by atoms with Gasteiger partial charge >= 0.3 is 0 Å². The van der Waals surface area contributed by atoms with Crippen molar-refractivity contribution in [3.63, 3.8) is 0 Å². The van der Waals surface area contributed by atoms with Crippen molar-refractivity contribution in [3.05, 3.63) is 29.8 Å². The Morgan fingerprint density at radius 2 is 1.80 bits per heavy atom. The van der Waals surface area contributed by atoms with Crippen molar-refractivity contribution in [1.82, 2.24) is 0 Å². The molecule has 0 bridgehead atoms. The first-order chi connectivity index (χ1) is 9.46. The fourth-order valence-electron chi connectivity index (χ4n) is 2.74. The molecule has 0 amide bonds. The number of anilines is 1. The molecule has 3 N–H and O–H groups in total. The molecule has 0 saturated heterocycles. The molecule has 1 fully saturated rings. The molecule has 0 radical (unpaired) electrons. The van der Waals surface area contributed by atoms with Gasteiger partial charge < -0.3 is 5.73 Å². The van der Waals surface area contributed by atoms with Crippen LogP contribution >= 0.6 is 0 Å². The van der Waals surface area contributed by atoms with Crippen molar-refractivity contribution in [1.29, 1.82) is 0 Å². The topological polar surface area (TPSA) is 72.2 Å². The number of hydrogen-bond donors (Lipinski definition) is 2. The predicted octanol–water partition coefficient (Wildman–Crippen LogP) is 3.03. The lowest BCUT2D eigenvalue weighted by molar-refractivity contribution is 0.385. The molecule has 1 saturated carbocycles. The van der Waals surface area contributed by atoms with Gasteiger partial charge in [-0.05, 0) is 43.4 Å². The number of benzene rings is 1. The third-order valence-corrected chi connectivity index (χ3v) is 5.35. The highest BCUT2D eigenvalue weighted by Crippen LogP contribution is 2.25. The smallest absolute Gasteiger partial charge is 0.232 e. The largest absolute Gasteiger partial charge is 0.324 e. The zero-order valence-corrected chi connectivity index (χ0v) is 12.8. The lowest BCUT2D eigenvalue weighted by Crippen LogP contribution is -2.24. The van der Waals surface area contributed by atoms with Gasteiger partial charge in [0.15, 0.2) is 0 Å². The van der Waals surface area contributed by atoms with Gasteiger partial charge in [0.25, 0.3) is 0 Å². The summed E-state index contributed by atoms with van der Waals surface area (Å²) in [6.07, 6.45) is 5.62. The number of rotatable bonds is 5. The minimum Gasteiger partial charge on any atom is -0.324 e. The van der Waals surface area contributed by atoms with Crippen LogP contribution in [0.4, 0.5) is 5.69 Å². The summed E-state index contributed by atoms with van der Waals surface area (Å²) in [4.78, 5) is 0. The summed E-state index contributed by atoms with van der Waals surface area (Å²) >= 11 is 0. The van der Waals surface area contributed by atoms with Crippen molar-refractivity contribution in [2.75, 3.05) is 10.5 Å². The fourth-order valence-corrected chi connectivity index (χ4v) is 4.27. The minimum absolute atomic E-state index is 0.0390. The first kappa shape index (κ1) is 15.3. The third-order valence-electron chi connectivity index (χ3n) is 3.89. The lowest BCUT2D eigenvalue weighted by atomic mass is 9.91. The summed E-state index contributed by atoms with van der Waals surface area (Å²) in [5.74, 6) is 0.548. The Morgan fingerprint density at radius 3 is 2.35 bits per heavy atom. The van der Waals surface area contributed by atoms with E-state index in [1.165, 1.54) is 6.42 Å². The highest BCUT2D eigenvalue weighted by atomic mass is 32.2. The van der Waals surface area contributed by atoms with E-state index in [2.05, 4.69) is 4.72 Å². The van der Waals surface area contributed by atoms with Crippen LogP contribution in [0.1, 0.15) is 50.6 Å². The average Bonchev–Trinajstić information content (AvgIpc) is 2.39. The van der Waals surface area contributed by atoms with Gasteiger partial charge in [0.1, 0.15) is 0 Å². The Balaban J connectivity index is 1.96. The van der Waals surface area contributed by atoms with E-state index in [0.29, 0.717) is 11.6 Å². The maximum atomic E-state index is 12.2. The monoisotopic (exact) mass is 296 g/mol. The summed E-state index contributed by atoms with van der Waals surface area (Å²) in [6, 6.07) is 7.24. The lowest BCUT2D eigenvalue weighted by Gasteiger charge is -2.21. The van der Waals surface area contributed by atoms with E-state index >= 15 is 0 Å². The first-order valence-corrected chi connectivity index (χ1v) is 8.97. The highest BCUT2D eigenvalue weighted by molar-refractivity contribution is 7.92. The second-order valence-corrected chi connectivity index (χ2v) is 7.57. The minimum atomic E-state index is -3.25. The van der Waals surface area contributed by atoms with Crippen LogP contribution in [-0.4, -0.2) is 14.2 Å². The van der Waals surface area contributed by atoms with Crippen molar-refractivity contribution in [2.45, 2.75) is 45.1 Å². The van der Waals surface area contributed by atoms with E-state index in [9.17, 15) is 8.42 Å². The van der Waals surface area contributed by atoms with Crippen LogP contribution in [0.5, 0.6) is 0 Å². The van der Waals surface area contributed by atoms with Crippen LogP contribution < -0.4 is 10.5 Å². The second-order valence-electron chi connectivity index (χ2n) is 5.80. The molecule has 0 aliphatic heterocycles. The summed E-state index contributed by atoms with van der Waals surface area (Å²) in [6.45, 7) is 1.91. The van der Waals surface area contributed by atoms with Gasteiger partial charge in [0.05, 0.1) is 5.75 Å². The molecule has 1 aliphatic rings. The Kier molecular flexibility index (Phi) is 5.05. The third kappa shape index (κ3) is 4.49. The SMILES string of the molecule is CC(N)c1ccc(NS(=O)(=O)CC2CCCCC2)cc1. The zero-order chi connectivity index (χ0) is 14.6. The molecule has 1 atom stereocenters. The van der Waals surface area contributed by atoms with Gasteiger partial charge in [-0.3, -0.25) is 4.72 Å². The predicted molar refractivity (Wildman–Crippen MR) is 83.0 cm³/mol. The molecular weight excluding hydrogens is 272 g/mol. The van der Waals surface area contributed by atoms with Crippen LogP contribution in [0.25, 0.3) is 0 Å². The van der Waals surface area contributed by atoms with E-state index in [4.69, 9.17) is 5.73 Å². The van der Waals surface area contributed by atoms with Gasteiger partial charge in [0.2, 0.25) is 10.0 Å².